The fourth-order valence-corrected chi connectivity index (χ4v) is 0. The molecular weight excluding hydrogens is 145 g/mol. The summed E-state index contributed by atoms with van der Waals surface area (Å²) in [5.74, 6) is 0. The Labute approximate surface area is 50.4 Å². The van der Waals surface area contributed by atoms with Crippen LogP contribution in [0.3, 0.4) is 0 Å². The first-order chi connectivity index (χ1) is 2.94. The smallest absolute Gasteiger partial charge is 0.187 e. The van der Waals surface area contributed by atoms with E-state index in [0.29, 0.717) is 0 Å². The second-order valence-corrected chi connectivity index (χ2v) is 2.04. The van der Waals surface area contributed by atoms with E-state index in [1.54, 1.807) is 0 Å². The molecule has 0 aliphatic heterocycles. The molecule has 0 N–H and O–H groups in total. The van der Waals surface area contributed by atoms with Crippen LogP contribution in [0.4, 0.5) is 8.78 Å². The molecule has 0 fully saturated rings. The topological polar surface area (TPSA) is 0 Å². The molecule has 0 amide bonds. The number of alkyl halides is 4. The normalized spacial score (nSPS) is 16.7. The summed E-state index contributed by atoms with van der Waals surface area (Å²) in [6, 6.07) is 0. The second-order valence-electron chi connectivity index (χ2n) is 1.01. The lowest BCUT2D eigenvalue weighted by Gasteiger charge is -2.07. The quantitative estimate of drug-likeness (QED) is 0.500. The van der Waals surface area contributed by atoms with E-state index in [2.05, 4.69) is 18.5 Å². The largest absolute Gasteiger partial charge is 0.337 e. The Bertz CT molecular complexity index is 56.4. The molecule has 0 aliphatic rings. The molecule has 7 heavy (non-hydrogen) atoms. The van der Waals surface area contributed by atoms with E-state index < -0.39 is 10.8 Å². The third-order valence-corrected chi connectivity index (χ3v) is 1.00. The highest BCUT2D eigenvalue weighted by Crippen LogP contribution is 2.26. The maximum Gasteiger partial charge on any atom is 0.337 e. The zero-order chi connectivity index (χ0) is 6.08. The van der Waals surface area contributed by atoms with Gasteiger partial charge >= 0.3 is 5.38 Å². The summed E-state index contributed by atoms with van der Waals surface area (Å²) >= 11 is 9.10. The first kappa shape index (κ1) is 7.44. The molecular formula is C3H3Cl2F2. The summed E-state index contributed by atoms with van der Waals surface area (Å²) in [7, 11) is 0. The van der Waals surface area contributed by atoms with Gasteiger partial charge in [-0.3, -0.25) is 0 Å². The summed E-state index contributed by atoms with van der Waals surface area (Å²) in [4.78, 5) is 0. The van der Waals surface area contributed by atoms with Gasteiger partial charge in [0, 0.05) is 0 Å². The van der Waals surface area contributed by atoms with Crippen LogP contribution in [-0.2, 0) is 0 Å². The average Bonchev–Trinajstić information content (AvgIpc) is 1.31. The Morgan fingerprint density at radius 1 is 1.57 bits per heavy atom. The van der Waals surface area contributed by atoms with Gasteiger partial charge in [-0.2, -0.15) is 8.78 Å². The standard InChI is InChI=1S/C3H3Cl2F2/c1-2(4)3(5,6)7/h2H,1H2. The van der Waals surface area contributed by atoms with Crippen LogP contribution in [0.15, 0.2) is 0 Å². The van der Waals surface area contributed by atoms with Gasteiger partial charge in [-0.15, -0.1) is 11.6 Å². The van der Waals surface area contributed by atoms with Crippen molar-refractivity contribution in [2.75, 3.05) is 0 Å². The number of rotatable bonds is 1. The maximum absolute atomic E-state index is 11.4. The molecule has 0 saturated heterocycles. The van der Waals surface area contributed by atoms with Crippen molar-refractivity contribution in [1.29, 1.82) is 0 Å². The van der Waals surface area contributed by atoms with Crippen LogP contribution >= 0.6 is 23.2 Å². The molecule has 1 atom stereocenters. The van der Waals surface area contributed by atoms with E-state index >= 15 is 0 Å². The molecule has 1 radical (unpaired) electrons. The fraction of sp³-hybridized carbons (Fsp3) is 0.667. The van der Waals surface area contributed by atoms with Crippen LogP contribution in [0, 0.1) is 6.92 Å². The summed E-state index contributed by atoms with van der Waals surface area (Å²) in [6.07, 6.45) is 0. The molecule has 0 aromatic heterocycles. The highest BCUT2D eigenvalue weighted by Gasteiger charge is 2.31. The highest BCUT2D eigenvalue weighted by atomic mass is 35.5. The van der Waals surface area contributed by atoms with Crippen LogP contribution in [0.25, 0.3) is 0 Å². The zero-order valence-electron chi connectivity index (χ0n) is 3.30. The molecule has 43 valence electrons. The van der Waals surface area contributed by atoms with Crippen molar-refractivity contribution in [1.82, 2.24) is 0 Å². The first-order valence-electron chi connectivity index (χ1n) is 1.48. The average molecular weight is 148 g/mol. The second kappa shape index (κ2) is 2.14. The van der Waals surface area contributed by atoms with Gasteiger partial charge in [-0.25, -0.2) is 0 Å². The van der Waals surface area contributed by atoms with Crippen molar-refractivity contribution >= 4 is 23.2 Å². The lowest BCUT2D eigenvalue weighted by Crippen LogP contribution is -2.17. The van der Waals surface area contributed by atoms with E-state index in [4.69, 9.17) is 11.6 Å². The van der Waals surface area contributed by atoms with Gasteiger partial charge in [0.05, 0.1) is 0 Å². The van der Waals surface area contributed by atoms with E-state index in [-0.39, 0.29) is 0 Å². The van der Waals surface area contributed by atoms with Gasteiger partial charge in [-0.1, -0.05) is 0 Å². The molecule has 4 heteroatoms. The SMILES string of the molecule is [CH2]C(Cl)C(F)(F)Cl. The van der Waals surface area contributed by atoms with E-state index in [0.717, 1.165) is 0 Å². The summed E-state index contributed by atoms with van der Waals surface area (Å²) in [5, 5.41) is -4.92. The molecule has 0 spiro atoms. The minimum Gasteiger partial charge on any atom is -0.187 e. The van der Waals surface area contributed by atoms with Crippen LogP contribution in [0.1, 0.15) is 0 Å². The van der Waals surface area contributed by atoms with E-state index in [1.807, 2.05) is 0 Å². The number of halogens is 4. The molecule has 0 bridgehead atoms. The summed E-state index contributed by atoms with van der Waals surface area (Å²) in [5.41, 5.74) is 0. The molecule has 0 aliphatic carbocycles. The Morgan fingerprint density at radius 3 is 1.71 bits per heavy atom. The predicted molar refractivity (Wildman–Crippen MR) is 25.8 cm³/mol. The van der Waals surface area contributed by atoms with Crippen molar-refractivity contribution in [3.05, 3.63) is 6.92 Å². The first-order valence-corrected chi connectivity index (χ1v) is 2.30. The third kappa shape index (κ3) is 3.06. The van der Waals surface area contributed by atoms with Gasteiger partial charge in [0.1, 0.15) is 5.38 Å². The lowest BCUT2D eigenvalue weighted by molar-refractivity contribution is 0.103. The monoisotopic (exact) mass is 147 g/mol. The number of hydrogen-bond acceptors (Lipinski definition) is 0. The van der Waals surface area contributed by atoms with Gasteiger partial charge in [0.2, 0.25) is 0 Å². The minimum absolute atomic E-state index is 1.55. The predicted octanol–water partition coefficient (Wildman–Crippen LogP) is 2.26. The van der Waals surface area contributed by atoms with Crippen molar-refractivity contribution in [3.63, 3.8) is 0 Å². The Kier molecular flexibility index (Phi) is 2.27. The molecule has 0 aromatic rings. The van der Waals surface area contributed by atoms with Crippen molar-refractivity contribution < 1.29 is 8.78 Å². The summed E-state index contributed by atoms with van der Waals surface area (Å²) in [6.45, 7) is 2.79. The minimum atomic E-state index is -3.37. The van der Waals surface area contributed by atoms with Gasteiger partial charge in [0.15, 0.2) is 0 Å². The van der Waals surface area contributed by atoms with Crippen LogP contribution in [0.5, 0.6) is 0 Å². The van der Waals surface area contributed by atoms with Crippen LogP contribution < -0.4 is 0 Å². The zero-order valence-corrected chi connectivity index (χ0v) is 4.81. The van der Waals surface area contributed by atoms with E-state index in [9.17, 15) is 8.78 Å². The van der Waals surface area contributed by atoms with Crippen molar-refractivity contribution in [3.8, 4) is 0 Å². The Hall–Kier alpha value is 0.440. The van der Waals surface area contributed by atoms with E-state index in [1.165, 1.54) is 0 Å². The van der Waals surface area contributed by atoms with Gasteiger partial charge in [0.25, 0.3) is 0 Å². The molecule has 0 rings (SSSR count). The number of hydrogen-bond donors (Lipinski definition) is 0. The maximum atomic E-state index is 11.4. The Morgan fingerprint density at radius 2 is 1.71 bits per heavy atom. The van der Waals surface area contributed by atoms with Crippen LogP contribution in [-0.4, -0.2) is 10.8 Å². The Balaban J connectivity index is 3.54. The summed E-state index contributed by atoms with van der Waals surface area (Å²) < 4.78 is 22.8. The van der Waals surface area contributed by atoms with Gasteiger partial charge < -0.3 is 0 Å². The fourth-order valence-electron chi connectivity index (χ4n) is 0. The van der Waals surface area contributed by atoms with Gasteiger partial charge in [-0.05, 0) is 18.5 Å². The molecule has 0 aromatic carbocycles. The molecule has 0 nitrogen and oxygen atoms in total. The molecule has 1 unspecified atom stereocenters. The van der Waals surface area contributed by atoms with Crippen molar-refractivity contribution in [2.24, 2.45) is 0 Å². The highest BCUT2D eigenvalue weighted by molar-refractivity contribution is 6.31. The third-order valence-electron chi connectivity index (χ3n) is 0.355. The lowest BCUT2D eigenvalue weighted by atomic mass is 10.5. The molecule has 0 heterocycles. The molecule has 0 saturated carbocycles. The van der Waals surface area contributed by atoms with Crippen molar-refractivity contribution in [2.45, 2.75) is 10.8 Å². The van der Waals surface area contributed by atoms with Crippen LogP contribution in [0.2, 0.25) is 0 Å².